The van der Waals surface area contributed by atoms with Gasteiger partial charge in [-0.05, 0) is 41.8 Å². The van der Waals surface area contributed by atoms with Crippen LogP contribution in [-0.2, 0) is 0 Å². The predicted octanol–water partition coefficient (Wildman–Crippen LogP) is 3.07. The molecule has 0 radical (unpaired) electrons. The van der Waals surface area contributed by atoms with Crippen LogP contribution in [0, 0.1) is 6.92 Å². The number of nitrogens with zero attached hydrogens (tertiary/aromatic N) is 1. The fourth-order valence-corrected chi connectivity index (χ4v) is 1.54. The number of hydrogen-bond acceptors (Lipinski definition) is 2. The second kappa shape index (κ2) is 4.13. The van der Waals surface area contributed by atoms with Gasteiger partial charge in [-0.2, -0.15) is 0 Å². The van der Waals surface area contributed by atoms with Gasteiger partial charge in [0.05, 0.1) is 7.11 Å². The summed E-state index contributed by atoms with van der Waals surface area (Å²) in [4.78, 5) is 4.00. The quantitative estimate of drug-likeness (QED) is 0.741. The van der Waals surface area contributed by atoms with Crippen LogP contribution >= 0.6 is 0 Å². The Labute approximate surface area is 89.6 Å². The molecule has 0 atom stereocenters. The Balaban J connectivity index is 2.46. The van der Waals surface area contributed by atoms with Gasteiger partial charge in [0.25, 0.3) is 0 Å². The van der Waals surface area contributed by atoms with Gasteiger partial charge in [0.1, 0.15) is 5.75 Å². The first-order valence-electron chi connectivity index (χ1n) is 4.86. The summed E-state index contributed by atoms with van der Waals surface area (Å²) < 4.78 is 5.29. The number of hydrogen-bond donors (Lipinski definition) is 0. The zero-order valence-electron chi connectivity index (χ0n) is 8.90. The molecular formula is C13H13NO. The highest BCUT2D eigenvalue weighted by atomic mass is 16.5. The largest absolute Gasteiger partial charge is 0.496 e. The first-order valence-corrected chi connectivity index (χ1v) is 4.86. The molecule has 0 amide bonds. The number of methoxy groups -OCH3 is 1. The maximum absolute atomic E-state index is 5.29. The van der Waals surface area contributed by atoms with E-state index in [9.17, 15) is 0 Å². The van der Waals surface area contributed by atoms with E-state index in [4.69, 9.17) is 4.74 Å². The Hall–Kier alpha value is -1.83. The SMILES string of the molecule is COc1cc(-c2ccncc2)ccc1C. The van der Waals surface area contributed by atoms with Crippen LogP contribution in [0.1, 0.15) is 5.56 Å². The molecule has 2 aromatic rings. The van der Waals surface area contributed by atoms with E-state index in [2.05, 4.69) is 17.1 Å². The second-order valence-corrected chi connectivity index (χ2v) is 3.42. The van der Waals surface area contributed by atoms with Crippen LogP contribution in [0.2, 0.25) is 0 Å². The van der Waals surface area contributed by atoms with Crippen molar-refractivity contribution < 1.29 is 4.74 Å². The van der Waals surface area contributed by atoms with Crippen molar-refractivity contribution in [3.63, 3.8) is 0 Å². The Morgan fingerprint density at radius 1 is 1.00 bits per heavy atom. The van der Waals surface area contributed by atoms with E-state index in [1.54, 1.807) is 19.5 Å². The molecule has 1 aromatic heterocycles. The molecule has 0 aliphatic carbocycles. The van der Waals surface area contributed by atoms with E-state index in [0.717, 1.165) is 22.4 Å². The summed E-state index contributed by atoms with van der Waals surface area (Å²) in [7, 11) is 1.69. The van der Waals surface area contributed by atoms with Gasteiger partial charge >= 0.3 is 0 Å². The average molecular weight is 199 g/mol. The molecule has 0 saturated heterocycles. The van der Waals surface area contributed by atoms with Crippen LogP contribution in [0.5, 0.6) is 5.75 Å². The third kappa shape index (κ3) is 1.99. The van der Waals surface area contributed by atoms with Crippen molar-refractivity contribution in [1.82, 2.24) is 4.98 Å². The maximum Gasteiger partial charge on any atom is 0.122 e. The van der Waals surface area contributed by atoms with E-state index in [0.29, 0.717) is 0 Å². The minimum atomic E-state index is 0.921. The summed E-state index contributed by atoms with van der Waals surface area (Å²) in [6.07, 6.45) is 3.59. The fraction of sp³-hybridized carbons (Fsp3) is 0.154. The minimum absolute atomic E-state index is 0.921. The fourth-order valence-electron chi connectivity index (χ4n) is 1.54. The number of ether oxygens (including phenoxy) is 1. The Morgan fingerprint density at radius 3 is 2.40 bits per heavy atom. The smallest absolute Gasteiger partial charge is 0.122 e. The topological polar surface area (TPSA) is 22.1 Å². The van der Waals surface area contributed by atoms with Gasteiger partial charge in [0.15, 0.2) is 0 Å². The van der Waals surface area contributed by atoms with E-state index in [1.807, 2.05) is 25.1 Å². The first-order chi connectivity index (χ1) is 7.31. The van der Waals surface area contributed by atoms with E-state index < -0.39 is 0 Å². The average Bonchev–Trinajstić information content (AvgIpc) is 2.31. The molecule has 2 heteroatoms. The van der Waals surface area contributed by atoms with E-state index >= 15 is 0 Å². The van der Waals surface area contributed by atoms with Crippen molar-refractivity contribution in [3.8, 4) is 16.9 Å². The zero-order chi connectivity index (χ0) is 10.7. The Bertz CT molecular complexity index is 451. The molecule has 0 unspecified atom stereocenters. The zero-order valence-corrected chi connectivity index (χ0v) is 8.90. The molecule has 0 bridgehead atoms. The molecule has 15 heavy (non-hydrogen) atoms. The summed E-state index contributed by atoms with van der Waals surface area (Å²) in [5.74, 6) is 0.921. The van der Waals surface area contributed by atoms with Crippen molar-refractivity contribution in [2.45, 2.75) is 6.92 Å². The van der Waals surface area contributed by atoms with Crippen LogP contribution in [-0.4, -0.2) is 12.1 Å². The minimum Gasteiger partial charge on any atom is -0.496 e. The predicted molar refractivity (Wildman–Crippen MR) is 61.0 cm³/mol. The maximum atomic E-state index is 5.29. The molecule has 0 spiro atoms. The summed E-state index contributed by atoms with van der Waals surface area (Å²) >= 11 is 0. The van der Waals surface area contributed by atoms with Crippen molar-refractivity contribution in [2.24, 2.45) is 0 Å². The number of aryl methyl sites for hydroxylation is 1. The molecule has 0 saturated carbocycles. The molecule has 2 rings (SSSR count). The number of rotatable bonds is 2. The van der Waals surface area contributed by atoms with Gasteiger partial charge in [-0.15, -0.1) is 0 Å². The van der Waals surface area contributed by atoms with Gasteiger partial charge < -0.3 is 4.74 Å². The monoisotopic (exact) mass is 199 g/mol. The van der Waals surface area contributed by atoms with Crippen LogP contribution in [0.15, 0.2) is 42.7 Å². The summed E-state index contributed by atoms with van der Waals surface area (Å²) in [5, 5.41) is 0. The van der Waals surface area contributed by atoms with Crippen molar-refractivity contribution >= 4 is 0 Å². The van der Waals surface area contributed by atoms with Gasteiger partial charge in [-0.25, -0.2) is 0 Å². The Kier molecular flexibility index (Phi) is 2.68. The number of aromatic nitrogens is 1. The molecule has 76 valence electrons. The summed E-state index contributed by atoms with van der Waals surface area (Å²) in [6.45, 7) is 2.04. The molecule has 1 heterocycles. The highest BCUT2D eigenvalue weighted by Gasteiger charge is 2.01. The van der Waals surface area contributed by atoms with Crippen molar-refractivity contribution in [3.05, 3.63) is 48.3 Å². The van der Waals surface area contributed by atoms with Gasteiger partial charge in [0.2, 0.25) is 0 Å². The van der Waals surface area contributed by atoms with Crippen molar-refractivity contribution in [2.75, 3.05) is 7.11 Å². The first kappa shape index (κ1) is 9.71. The molecule has 0 aliphatic heterocycles. The van der Waals surface area contributed by atoms with Crippen LogP contribution in [0.4, 0.5) is 0 Å². The molecule has 2 nitrogen and oxygen atoms in total. The highest BCUT2D eigenvalue weighted by molar-refractivity contribution is 5.65. The third-order valence-corrected chi connectivity index (χ3v) is 2.42. The lowest BCUT2D eigenvalue weighted by molar-refractivity contribution is 0.412. The normalized spacial score (nSPS) is 10.0. The van der Waals surface area contributed by atoms with Gasteiger partial charge in [-0.3, -0.25) is 4.98 Å². The van der Waals surface area contributed by atoms with Crippen LogP contribution in [0.3, 0.4) is 0 Å². The lowest BCUT2D eigenvalue weighted by atomic mass is 10.0. The lowest BCUT2D eigenvalue weighted by Crippen LogP contribution is -1.87. The standard InChI is InChI=1S/C13H13NO/c1-10-3-4-12(9-13(10)15-2)11-5-7-14-8-6-11/h3-9H,1-2H3. The van der Waals surface area contributed by atoms with Gasteiger partial charge in [0, 0.05) is 12.4 Å². The molecule has 1 aromatic carbocycles. The summed E-state index contributed by atoms with van der Waals surface area (Å²) in [6, 6.07) is 10.2. The Morgan fingerprint density at radius 2 is 1.73 bits per heavy atom. The summed E-state index contributed by atoms with van der Waals surface area (Å²) in [5.41, 5.74) is 3.46. The molecule has 0 aliphatic rings. The lowest BCUT2D eigenvalue weighted by Gasteiger charge is -2.07. The molecular weight excluding hydrogens is 186 g/mol. The van der Waals surface area contributed by atoms with E-state index in [1.165, 1.54) is 0 Å². The number of benzene rings is 1. The van der Waals surface area contributed by atoms with Gasteiger partial charge in [-0.1, -0.05) is 12.1 Å². The van der Waals surface area contributed by atoms with Crippen LogP contribution < -0.4 is 4.74 Å². The molecule has 0 fully saturated rings. The third-order valence-electron chi connectivity index (χ3n) is 2.42. The van der Waals surface area contributed by atoms with E-state index in [-0.39, 0.29) is 0 Å². The highest BCUT2D eigenvalue weighted by Crippen LogP contribution is 2.26. The van der Waals surface area contributed by atoms with Crippen molar-refractivity contribution in [1.29, 1.82) is 0 Å². The van der Waals surface area contributed by atoms with Crippen LogP contribution in [0.25, 0.3) is 11.1 Å². The molecule has 0 N–H and O–H groups in total. The second-order valence-electron chi connectivity index (χ2n) is 3.42. The number of pyridine rings is 1.